The van der Waals surface area contributed by atoms with Gasteiger partial charge in [-0.05, 0) is 97.5 Å². The van der Waals surface area contributed by atoms with Gasteiger partial charge in [0.2, 0.25) is 0 Å². The lowest BCUT2D eigenvalue weighted by molar-refractivity contribution is 0.425. The molecule has 2 aliphatic rings. The summed E-state index contributed by atoms with van der Waals surface area (Å²) < 4.78 is 30.3. The summed E-state index contributed by atoms with van der Waals surface area (Å²) in [6, 6.07) is 28.8. The Morgan fingerprint density at radius 2 is 1.59 bits per heavy atom. The molecule has 0 radical (unpaired) electrons. The van der Waals surface area contributed by atoms with Crippen molar-refractivity contribution in [2.75, 3.05) is 5.32 Å². The summed E-state index contributed by atoms with van der Waals surface area (Å²) in [4.78, 5) is 4.75. The van der Waals surface area contributed by atoms with Gasteiger partial charge in [0.05, 0.1) is 11.7 Å². The van der Waals surface area contributed by atoms with Gasteiger partial charge in [0.15, 0.2) is 0 Å². The minimum atomic E-state index is -3.88. The maximum atomic E-state index is 12.5. The Kier molecular flexibility index (Phi) is 6.57. The summed E-state index contributed by atoms with van der Waals surface area (Å²) >= 11 is 0. The summed E-state index contributed by atoms with van der Waals surface area (Å²) in [5, 5.41) is 3.79. The Labute approximate surface area is 230 Å². The topological polar surface area (TPSA) is 67.8 Å². The van der Waals surface area contributed by atoms with Crippen molar-refractivity contribution < 1.29 is 12.6 Å². The van der Waals surface area contributed by atoms with Gasteiger partial charge >= 0.3 is 10.1 Å². The van der Waals surface area contributed by atoms with Crippen LogP contribution in [0, 0.1) is 19.8 Å². The first-order valence-electron chi connectivity index (χ1n) is 13.1. The molecule has 6 rings (SSSR count). The maximum absolute atomic E-state index is 12.5. The lowest BCUT2D eigenvalue weighted by atomic mass is 9.76. The zero-order chi connectivity index (χ0) is 27.0. The number of aryl methyl sites for hydroxylation is 2. The Hall–Kier alpha value is -4.16. The lowest BCUT2D eigenvalue weighted by Crippen LogP contribution is -2.29. The molecule has 0 bridgehead atoms. The summed E-state index contributed by atoms with van der Waals surface area (Å²) in [7, 11) is -3.88. The molecule has 5 nitrogen and oxygen atoms in total. The molecule has 4 aromatic carbocycles. The molecule has 0 fully saturated rings. The van der Waals surface area contributed by atoms with Crippen molar-refractivity contribution in [3.63, 3.8) is 0 Å². The van der Waals surface area contributed by atoms with Crippen LogP contribution in [-0.4, -0.2) is 14.6 Å². The van der Waals surface area contributed by atoms with E-state index < -0.39 is 10.1 Å². The number of nitrogens with zero attached hydrogens (tertiary/aromatic N) is 1. The molecule has 39 heavy (non-hydrogen) atoms. The van der Waals surface area contributed by atoms with E-state index in [2.05, 4.69) is 59.7 Å². The van der Waals surface area contributed by atoms with Gasteiger partial charge in [-0.1, -0.05) is 59.7 Å². The van der Waals surface area contributed by atoms with Crippen LogP contribution < -0.4 is 9.50 Å². The molecule has 0 unspecified atom stereocenters. The number of rotatable bonds is 6. The fraction of sp³-hybridized carbons (Fsp3) is 0.182. The minimum Gasteiger partial charge on any atom is -0.379 e. The number of fused-ring (bicyclic) bond motifs is 3. The van der Waals surface area contributed by atoms with Gasteiger partial charge in [0.1, 0.15) is 10.6 Å². The van der Waals surface area contributed by atoms with Gasteiger partial charge in [-0.25, -0.2) is 0 Å². The largest absolute Gasteiger partial charge is 0.379 e. The highest BCUT2D eigenvalue weighted by atomic mass is 32.2. The van der Waals surface area contributed by atoms with Crippen molar-refractivity contribution >= 4 is 27.7 Å². The number of aliphatic imine (C=N–C) groups is 1. The molecule has 196 valence electrons. The van der Waals surface area contributed by atoms with Crippen molar-refractivity contribution in [3.8, 4) is 5.75 Å². The highest BCUT2D eigenvalue weighted by Crippen LogP contribution is 2.50. The second-order valence-electron chi connectivity index (χ2n) is 10.3. The van der Waals surface area contributed by atoms with Crippen molar-refractivity contribution in [1.29, 1.82) is 0 Å². The van der Waals surface area contributed by atoms with Crippen LogP contribution in [0.1, 0.15) is 46.2 Å². The number of benzene rings is 4. The maximum Gasteiger partial charge on any atom is 0.339 e. The first-order valence-corrected chi connectivity index (χ1v) is 14.6. The molecule has 1 N–H and O–H groups in total. The van der Waals surface area contributed by atoms with E-state index >= 15 is 0 Å². The molecule has 0 amide bonds. The molecule has 3 atom stereocenters. The SMILES string of the molecule is Cc1ccc(S(=O)(=O)Oc2ccc(C=Nc3ccc([C@@H]4Nc5ccc(C)cc5[C@@H]5C=CC[C@@H]54)cc3)cc2)cc1. The number of anilines is 1. The summed E-state index contributed by atoms with van der Waals surface area (Å²) in [6.07, 6.45) is 7.52. The molecule has 0 saturated heterocycles. The summed E-state index contributed by atoms with van der Waals surface area (Å²) in [5.74, 6) is 1.21. The van der Waals surface area contributed by atoms with E-state index in [0.717, 1.165) is 23.2 Å². The second kappa shape index (κ2) is 10.2. The average Bonchev–Trinajstić information content (AvgIpc) is 3.43. The van der Waals surface area contributed by atoms with Gasteiger partial charge in [-0.3, -0.25) is 4.99 Å². The molecule has 0 spiro atoms. The van der Waals surface area contributed by atoms with Crippen molar-refractivity contribution in [1.82, 2.24) is 0 Å². The molecular formula is C33H30N2O3S. The zero-order valence-corrected chi connectivity index (χ0v) is 22.7. The van der Waals surface area contributed by atoms with Crippen LogP contribution >= 0.6 is 0 Å². The number of allylic oxidation sites excluding steroid dienone is 2. The average molecular weight is 535 g/mol. The van der Waals surface area contributed by atoms with Crippen LogP contribution in [0.25, 0.3) is 0 Å². The van der Waals surface area contributed by atoms with Crippen LogP contribution in [0.4, 0.5) is 11.4 Å². The number of hydrogen-bond acceptors (Lipinski definition) is 5. The van der Waals surface area contributed by atoms with Gasteiger partial charge in [0.25, 0.3) is 0 Å². The van der Waals surface area contributed by atoms with Gasteiger partial charge in [0, 0.05) is 17.8 Å². The minimum absolute atomic E-state index is 0.129. The molecule has 4 aromatic rings. The molecule has 0 aromatic heterocycles. The smallest absolute Gasteiger partial charge is 0.339 e. The predicted molar refractivity (Wildman–Crippen MR) is 157 cm³/mol. The standard InChI is InChI=1S/C33H30N2O3S/c1-22-6-17-28(18-7-22)39(36,37)38-27-15-9-24(10-16-27)21-34-26-13-11-25(12-14-26)33-30-5-3-4-29(30)31-20-23(2)8-19-32(31)35-33/h3-4,6-21,29-30,33,35H,5H2,1-2H3/t29-,30+,33+/m1/s1. The Morgan fingerprint density at radius 1 is 0.872 bits per heavy atom. The molecular weight excluding hydrogens is 504 g/mol. The third-order valence-corrected chi connectivity index (χ3v) is 8.79. The third-order valence-electron chi connectivity index (χ3n) is 7.53. The highest BCUT2D eigenvalue weighted by Gasteiger charge is 2.37. The van der Waals surface area contributed by atoms with Crippen LogP contribution in [0.5, 0.6) is 5.75 Å². The summed E-state index contributed by atoms with van der Waals surface area (Å²) in [6.45, 7) is 4.06. The molecule has 6 heteroatoms. The van der Waals surface area contributed by atoms with Crippen molar-refractivity contribution in [2.24, 2.45) is 10.9 Å². The Bertz CT molecular complexity index is 1660. The fourth-order valence-corrected chi connectivity index (χ4v) is 6.38. The highest BCUT2D eigenvalue weighted by molar-refractivity contribution is 7.87. The fourth-order valence-electron chi connectivity index (χ4n) is 5.45. The van der Waals surface area contributed by atoms with Crippen LogP contribution in [-0.2, 0) is 10.1 Å². The monoisotopic (exact) mass is 534 g/mol. The van der Waals surface area contributed by atoms with E-state index in [9.17, 15) is 8.42 Å². The van der Waals surface area contributed by atoms with Gasteiger partial charge in [-0.2, -0.15) is 8.42 Å². The van der Waals surface area contributed by atoms with E-state index in [1.165, 1.54) is 22.4 Å². The molecule has 1 heterocycles. The van der Waals surface area contributed by atoms with E-state index in [1.807, 2.05) is 19.1 Å². The van der Waals surface area contributed by atoms with E-state index in [-0.39, 0.29) is 16.7 Å². The van der Waals surface area contributed by atoms with Crippen molar-refractivity contribution in [2.45, 2.75) is 37.1 Å². The van der Waals surface area contributed by atoms with E-state index in [0.29, 0.717) is 11.8 Å². The quantitative estimate of drug-likeness (QED) is 0.157. The van der Waals surface area contributed by atoms with Crippen LogP contribution in [0.3, 0.4) is 0 Å². The molecule has 1 aliphatic heterocycles. The third kappa shape index (κ3) is 5.25. The molecule has 0 saturated carbocycles. The first-order chi connectivity index (χ1) is 18.9. The molecule has 1 aliphatic carbocycles. The van der Waals surface area contributed by atoms with Crippen molar-refractivity contribution in [3.05, 3.63) is 131 Å². The van der Waals surface area contributed by atoms with E-state index in [1.54, 1.807) is 54.7 Å². The van der Waals surface area contributed by atoms with Gasteiger partial charge in [-0.15, -0.1) is 0 Å². The Morgan fingerprint density at radius 3 is 2.33 bits per heavy atom. The lowest BCUT2D eigenvalue weighted by Gasteiger charge is -2.37. The second-order valence-corrected chi connectivity index (χ2v) is 11.9. The van der Waals surface area contributed by atoms with Crippen LogP contribution in [0.15, 0.2) is 113 Å². The Balaban J connectivity index is 1.13. The number of hydrogen-bond donors (Lipinski definition) is 1. The van der Waals surface area contributed by atoms with Crippen LogP contribution in [0.2, 0.25) is 0 Å². The first kappa shape index (κ1) is 25.1. The predicted octanol–water partition coefficient (Wildman–Crippen LogP) is 7.65. The number of nitrogens with one attached hydrogen (secondary N) is 1. The zero-order valence-electron chi connectivity index (χ0n) is 21.9. The van der Waals surface area contributed by atoms with E-state index in [4.69, 9.17) is 4.18 Å². The van der Waals surface area contributed by atoms with Gasteiger partial charge < -0.3 is 9.50 Å². The normalized spacial score (nSPS) is 19.9. The summed E-state index contributed by atoms with van der Waals surface area (Å²) in [5.41, 5.74) is 7.86.